The Labute approximate surface area is 78.8 Å². The maximum absolute atomic E-state index is 9.52. The fourth-order valence-electron chi connectivity index (χ4n) is 1.74. The van der Waals surface area contributed by atoms with Crippen LogP contribution in [0, 0.1) is 0 Å². The molecule has 1 aliphatic rings. The van der Waals surface area contributed by atoms with Gasteiger partial charge in [0.2, 0.25) is 0 Å². The van der Waals surface area contributed by atoms with Crippen LogP contribution in [0.15, 0.2) is 18.2 Å². The van der Waals surface area contributed by atoms with Crippen molar-refractivity contribution >= 4 is 5.69 Å². The van der Waals surface area contributed by atoms with Gasteiger partial charge in [0.25, 0.3) is 0 Å². The van der Waals surface area contributed by atoms with Crippen molar-refractivity contribution in [2.45, 2.75) is 26.2 Å². The number of fused-ring (bicyclic) bond motifs is 1. The van der Waals surface area contributed by atoms with Crippen LogP contribution in [0.4, 0.5) is 5.69 Å². The van der Waals surface area contributed by atoms with Crippen LogP contribution >= 0.6 is 0 Å². The summed E-state index contributed by atoms with van der Waals surface area (Å²) in [6, 6.07) is 6.37. The van der Waals surface area contributed by atoms with E-state index in [2.05, 4.69) is 32.0 Å². The van der Waals surface area contributed by atoms with Gasteiger partial charge in [-0.25, -0.2) is 0 Å². The van der Waals surface area contributed by atoms with Crippen LogP contribution in [-0.4, -0.2) is 11.8 Å². The number of nitrogens with zero attached hydrogens (tertiary/aromatic N) is 1. The number of hydrogen-bond donors (Lipinski definition) is 1. The SMILES string of the molecule is CC(C)c1ccc2c(c1)N(O)CC2. The van der Waals surface area contributed by atoms with E-state index in [4.69, 9.17) is 0 Å². The molecule has 0 radical (unpaired) electrons. The fourth-order valence-corrected chi connectivity index (χ4v) is 1.74. The van der Waals surface area contributed by atoms with E-state index in [9.17, 15) is 5.21 Å². The summed E-state index contributed by atoms with van der Waals surface area (Å²) in [6.07, 6.45) is 0.963. The van der Waals surface area contributed by atoms with Gasteiger partial charge in [-0.1, -0.05) is 26.0 Å². The van der Waals surface area contributed by atoms with Gasteiger partial charge in [0.15, 0.2) is 0 Å². The first-order chi connectivity index (χ1) is 6.18. The molecule has 2 nitrogen and oxygen atoms in total. The molecule has 1 heterocycles. The Balaban J connectivity index is 2.42. The molecular formula is C11H15NO. The van der Waals surface area contributed by atoms with Crippen molar-refractivity contribution < 1.29 is 5.21 Å². The van der Waals surface area contributed by atoms with Gasteiger partial charge < -0.3 is 0 Å². The van der Waals surface area contributed by atoms with Gasteiger partial charge in [-0.05, 0) is 29.5 Å². The minimum Gasteiger partial charge on any atom is -0.288 e. The Hall–Kier alpha value is -1.02. The lowest BCUT2D eigenvalue weighted by Gasteiger charge is -2.12. The molecule has 0 bridgehead atoms. The molecule has 0 saturated heterocycles. The molecule has 0 fully saturated rings. The number of anilines is 1. The van der Waals surface area contributed by atoms with Gasteiger partial charge in [0.05, 0.1) is 5.69 Å². The Bertz CT molecular complexity index is 320. The zero-order chi connectivity index (χ0) is 9.42. The fraction of sp³-hybridized carbons (Fsp3) is 0.455. The molecule has 0 saturated carbocycles. The van der Waals surface area contributed by atoms with Crippen LogP contribution in [0.5, 0.6) is 0 Å². The molecule has 0 aliphatic carbocycles. The van der Waals surface area contributed by atoms with Crippen molar-refractivity contribution in [2.24, 2.45) is 0 Å². The summed E-state index contributed by atoms with van der Waals surface area (Å²) in [5.41, 5.74) is 3.54. The molecule has 0 atom stereocenters. The quantitative estimate of drug-likeness (QED) is 0.712. The molecule has 13 heavy (non-hydrogen) atoms. The molecule has 1 aliphatic heterocycles. The van der Waals surface area contributed by atoms with E-state index in [1.165, 1.54) is 16.2 Å². The van der Waals surface area contributed by atoms with Crippen molar-refractivity contribution in [1.82, 2.24) is 0 Å². The minimum absolute atomic E-state index is 0.527. The Morgan fingerprint density at radius 2 is 2.15 bits per heavy atom. The first-order valence-corrected chi connectivity index (χ1v) is 4.77. The summed E-state index contributed by atoms with van der Waals surface area (Å²) in [5.74, 6) is 0.527. The third-order valence-corrected chi connectivity index (χ3v) is 2.65. The van der Waals surface area contributed by atoms with Crippen LogP contribution in [0.25, 0.3) is 0 Å². The lowest BCUT2D eigenvalue weighted by molar-refractivity contribution is 0.264. The zero-order valence-electron chi connectivity index (χ0n) is 8.12. The van der Waals surface area contributed by atoms with Gasteiger partial charge in [-0.2, -0.15) is 0 Å². The maximum atomic E-state index is 9.52. The summed E-state index contributed by atoms with van der Waals surface area (Å²) in [4.78, 5) is 0. The number of hydroxylamine groups is 1. The van der Waals surface area contributed by atoms with Gasteiger partial charge in [-0.15, -0.1) is 0 Å². The van der Waals surface area contributed by atoms with E-state index in [1.807, 2.05) is 0 Å². The molecule has 2 rings (SSSR count). The number of hydrogen-bond acceptors (Lipinski definition) is 2. The predicted molar refractivity (Wildman–Crippen MR) is 53.4 cm³/mol. The van der Waals surface area contributed by atoms with Crippen molar-refractivity contribution in [2.75, 3.05) is 11.6 Å². The third-order valence-electron chi connectivity index (χ3n) is 2.65. The first kappa shape index (κ1) is 8.57. The molecule has 2 heteroatoms. The van der Waals surface area contributed by atoms with Crippen LogP contribution < -0.4 is 5.06 Å². The first-order valence-electron chi connectivity index (χ1n) is 4.77. The van der Waals surface area contributed by atoms with E-state index in [0.717, 1.165) is 18.7 Å². The van der Waals surface area contributed by atoms with Gasteiger partial charge in [-0.3, -0.25) is 10.3 Å². The molecule has 1 aromatic carbocycles. The molecular weight excluding hydrogens is 162 g/mol. The van der Waals surface area contributed by atoms with E-state index < -0.39 is 0 Å². The summed E-state index contributed by atoms with van der Waals surface area (Å²) < 4.78 is 0. The summed E-state index contributed by atoms with van der Waals surface area (Å²) >= 11 is 0. The highest BCUT2D eigenvalue weighted by Gasteiger charge is 2.17. The van der Waals surface area contributed by atoms with Gasteiger partial charge in [0, 0.05) is 6.54 Å². The topological polar surface area (TPSA) is 23.5 Å². The monoisotopic (exact) mass is 177 g/mol. The summed E-state index contributed by atoms with van der Waals surface area (Å²) in [5, 5.41) is 10.9. The average Bonchev–Trinajstić information content (AvgIpc) is 2.47. The lowest BCUT2D eigenvalue weighted by atomic mass is 10.0. The largest absolute Gasteiger partial charge is 0.288 e. The van der Waals surface area contributed by atoms with Crippen LogP contribution in [0.1, 0.15) is 30.9 Å². The minimum atomic E-state index is 0.527. The molecule has 1 aromatic rings. The Kier molecular flexibility index (Phi) is 2.00. The zero-order valence-corrected chi connectivity index (χ0v) is 8.12. The van der Waals surface area contributed by atoms with E-state index in [-0.39, 0.29) is 0 Å². The van der Waals surface area contributed by atoms with E-state index in [0.29, 0.717) is 5.92 Å². The molecule has 0 amide bonds. The summed E-state index contributed by atoms with van der Waals surface area (Å²) in [6.45, 7) is 5.06. The highest BCUT2D eigenvalue weighted by Crippen LogP contribution is 2.29. The highest BCUT2D eigenvalue weighted by molar-refractivity contribution is 5.57. The predicted octanol–water partition coefficient (Wildman–Crippen LogP) is 2.56. The third kappa shape index (κ3) is 1.42. The molecule has 0 spiro atoms. The normalized spacial score (nSPS) is 15.2. The maximum Gasteiger partial charge on any atom is 0.0669 e. The second kappa shape index (κ2) is 3.04. The Morgan fingerprint density at radius 3 is 2.85 bits per heavy atom. The molecule has 1 N–H and O–H groups in total. The molecule has 0 unspecified atom stereocenters. The van der Waals surface area contributed by atoms with Crippen LogP contribution in [0.3, 0.4) is 0 Å². The standard InChI is InChI=1S/C11H15NO/c1-8(2)10-4-3-9-5-6-12(13)11(9)7-10/h3-4,7-8,13H,5-6H2,1-2H3. The second-order valence-electron chi connectivity index (χ2n) is 3.92. The van der Waals surface area contributed by atoms with Crippen molar-refractivity contribution in [1.29, 1.82) is 0 Å². The van der Waals surface area contributed by atoms with Crippen molar-refractivity contribution in [3.8, 4) is 0 Å². The highest BCUT2D eigenvalue weighted by atomic mass is 16.5. The number of rotatable bonds is 1. The van der Waals surface area contributed by atoms with Crippen LogP contribution in [0.2, 0.25) is 0 Å². The lowest BCUT2D eigenvalue weighted by Crippen LogP contribution is -2.13. The van der Waals surface area contributed by atoms with Gasteiger partial charge in [0.1, 0.15) is 0 Å². The van der Waals surface area contributed by atoms with Crippen LogP contribution in [-0.2, 0) is 6.42 Å². The summed E-state index contributed by atoms with van der Waals surface area (Å²) in [7, 11) is 0. The van der Waals surface area contributed by atoms with Crippen molar-refractivity contribution in [3.63, 3.8) is 0 Å². The van der Waals surface area contributed by atoms with Crippen molar-refractivity contribution in [3.05, 3.63) is 29.3 Å². The Morgan fingerprint density at radius 1 is 1.38 bits per heavy atom. The molecule has 0 aromatic heterocycles. The van der Waals surface area contributed by atoms with E-state index >= 15 is 0 Å². The molecule has 70 valence electrons. The second-order valence-corrected chi connectivity index (χ2v) is 3.92. The smallest absolute Gasteiger partial charge is 0.0669 e. The average molecular weight is 177 g/mol. The van der Waals surface area contributed by atoms with Gasteiger partial charge >= 0.3 is 0 Å². The number of benzene rings is 1. The van der Waals surface area contributed by atoms with E-state index in [1.54, 1.807) is 0 Å².